The van der Waals surface area contributed by atoms with Gasteiger partial charge in [0.15, 0.2) is 0 Å². The topological polar surface area (TPSA) is 38.7 Å². The summed E-state index contributed by atoms with van der Waals surface area (Å²) in [5.74, 6) is 0.803. The van der Waals surface area contributed by atoms with Gasteiger partial charge >= 0.3 is 0 Å². The van der Waals surface area contributed by atoms with E-state index in [1.807, 2.05) is 0 Å². The number of hydrogen-bond acceptors (Lipinski definition) is 3. The molecule has 0 amide bonds. The maximum Gasteiger partial charge on any atom is 0.129 e. The molecule has 2 rings (SSSR count). The van der Waals surface area contributed by atoms with E-state index in [0.29, 0.717) is 11.3 Å². The van der Waals surface area contributed by atoms with Crippen molar-refractivity contribution in [2.45, 2.75) is 26.1 Å². The van der Waals surface area contributed by atoms with E-state index in [-0.39, 0.29) is 5.82 Å². The molecule has 0 aliphatic heterocycles. The van der Waals surface area contributed by atoms with Crippen molar-refractivity contribution in [1.82, 2.24) is 0 Å². The van der Waals surface area contributed by atoms with Gasteiger partial charge < -0.3 is 14.6 Å². The number of aryl methyl sites for hydroxylation is 1. The van der Waals surface area contributed by atoms with Crippen molar-refractivity contribution in [3.8, 4) is 11.5 Å². The van der Waals surface area contributed by atoms with Crippen LogP contribution in [0.4, 0.5) is 4.39 Å². The summed E-state index contributed by atoms with van der Waals surface area (Å²) in [5, 5.41) is 10.3. The van der Waals surface area contributed by atoms with Crippen LogP contribution < -0.4 is 9.47 Å². The molecule has 0 radical (unpaired) electrons. The molecule has 21 heavy (non-hydrogen) atoms. The molecular formula is C17H19FO3. The van der Waals surface area contributed by atoms with Crippen molar-refractivity contribution >= 4 is 0 Å². The molecule has 0 aliphatic carbocycles. The molecule has 0 aromatic heterocycles. The van der Waals surface area contributed by atoms with Crippen molar-refractivity contribution in [3.63, 3.8) is 0 Å². The number of aliphatic hydroxyl groups is 1. The largest absolute Gasteiger partial charge is 0.497 e. The summed E-state index contributed by atoms with van der Waals surface area (Å²) in [6.07, 6.45) is -1.30. The first-order chi connectivity index (χ1) is 10.0. The second kappa shape index (κ2) is 6.59. The summed E-state index contributed by atoms with van der Waals surface area (Å²) in [4.78, 5) is 0. The number of methoxy groups -OCH3 is 1. The summed E-state index contributed by atoms with van der Waals surface area (Å²) in [5.41, 5.74) is 1.28. The van der Waals surface area contributed by atoms with Crippen LogP contribution in [0, 0.1) is 12.7 Å². The number of rotatable bonds is 5. The van der Waals surface area contributed by atoms with Gasteiger partial charge in [-0.25, -0.2) is 4.39 Å². The first kappa shape index (κ1) is 15.3. The molecule has 4 heteroatoms. The molecule has 0 fully saturated rings. The lowest BCUT2D eigenvalue weighted by Crippen LogP contribution is -2.21. The summed E-state index contributed by atoms with van der Waals surface area (Å²) in [6.45, 7) is 3.43. The average Bonchev–Trinajstić information content (AvgIpc) is 2.50. The van der Waals surface area contributed by atoms with Crippen molar-refractivity contribution in [2.75, 3.05) is 7.11 Å². The molecule has 0 heterocycles. The fourth-order valence-electron chi connectivity index (χ4n) is 2.00. The number of benzene rings is 2. The van der Waals surface area contributed by atoms with E-state index in [4.69, 9.17) is 9.47 Å². The maximum absolute atomic E-state index is 13.5. The smallest absolute Gasteiger partial charge is 0.129 e. The monoisotopic (exact) mass is 290 g/mol. The molecule has 2 aromatic rings. The first-order valence-electron chi connectivity index (χ1n) is 6.76. The van der Waals surface area contributed by atoms with Crippen LogP contribution in [0.5, 0.6) is 11.5 Å². The van der Waals surface area contributed by atoms with Crippen LogP contribution in [0.15, 0.2) is 42.5 Å². The van der Waals surface area contributed by atoms with Gasteiger partial charge in [0.2, 0.25) is 0 Å². The minimum Gasteiger partial charge on any atom is -0.497 e. The molecule has 2 atom stereocenters. The SMILES string of the molecule is COc1ccc(C(O)C(C)Oc2ccc(C)c(F)c2)cc1. The van der Waals surface area contributed by atoms with Crippen molar-refractivity contribution in [2.24, 2.45) is 0 Å². The van der Waals surface area contributed by atoms with Gasteiger partial charge in [-0.2, -0.15) is 0 Å². The molecule has 0 spiro atoms. The lowest BCUT2D eigenvalue weighted by Gasteiger charge is -2.21. The number of halogens is 1. The fraction of sp³-hybridized carbons (Fsp3) is 0.294. The predicted molar refractivity (Wildman–Crippen MR) is 79.2 cm³/mol. The van der Waals surface area contributed by atoms with Crippen LogP contribution in [0.3, 0.4) is 0 Å². The van der Waals surface area contributed by atoms with E-state index in [2.05, 4.69) is 0 Å². The Morgan fingerprint density at radius 2 is 1.67 bits per heavy atom. The standard InChI is InChI=1S/C17H19FO3/c1-11-4-7-15(10-16(11)18)21-12(2)17(19)13-5-8-14(20-3)9-6-13/h4-10,12,17,19H,1-3H3. The lowest BCUT2D eigenvalue weighted by atomic mass is 10.1. The Morgan fingerprint density at radius 1 is 1.05 bits per heavy atom. The Kier molecular flexibility index (Phi) is 4.81. The molecular weight excluding hydrogens is 271 g/mol. The van der Waals surface area contributed by atoms with Gasteiger partial charge in [0, 0.05) is 6.07 Å². The quantitative estimate of drug-likeness (QED) is 0.913. The normalized spacial score (nSPS) is 13.6. The molecule has 2 unspecified atom stereocenters. The summed E-state index contributed by atoms with van der Waals surface area (Å²) in [6, 6.07) is 11.8. The minimum atomic E-state index is -0.805. The van der Waals surface area contributed by atoms with Crippen LogP contribution in [0.25, 0.3) is 0 Å². The Bertz CT molecular complexity index is 595. The van der Waals surface area contributed by atoms with Crippen LogP contribution in [0.2, 0.25) is 0 Å². The van der Waals surface area contributed by atoms with Gasteiger partial charge in [-0.15, -0.1) is 0 Å². The van der Waals surface area contributed by atoms with Crippen molar-refractivity contribution < 1.29 is 19.0 Å². The number of hydrogen-bond donors (Lipinski definition) is 1. The van der Waals surface area contributed by atoms with E-state index >= 15 is 0 Å². The Morgan fingerprint density at radius 3 is 2.24 bits per heavy atom. The molecule has 0 saturated heterocycles. The third-order valence-electron chi connectivity index (χ3n) is 3.37. The Labute approximate surface area is 124 Å². The fourth-order valence-corrected chi connectivity index (χ4v) is 2.00. The zero-order valence-electron chi connectivity index (χ0n) is 12.3. The van der Waals surface area contributed by atoms with E-state index in [9.17, 15) is 9.50 Å². The second-order valence-corrected chi connectivity index (χ2v) is 4.95. The zero-order chi connectivity index (χ0) is 15.4. The maximum atomic E-state index is 13.5. The first-order valence-corrected chi connectivity index (χ1v) is 6.76. The highest BCUT2D eigenvalue weighted by molar-refractivity contribution is 5.30. The second-order valence-electron chi connectivity index (χ2n) is 4.95. The molecule has 3 nitrogen and oxygen atoms in total. The van der Waals surface area contributed by atoms with Gasteiger partial charge in [0.05, 0.1) is 7.11 Å². The van der Waals surface area contributed by atoms with Crippen LogP contribution in [-0.2, 0) is 0 Å². The van der Waals surface area contributed by atoms with Gasteiger partial charge in [0.25, 0.3) is 0 Å². The van der Waals surface area contributed by atoms with Crippen LogP contribution >= 0.6 is 0 Å². The summed E-state index contributed by atoms with van der Waals surface area (Å²) >= 11 is 0. The van der Waals surface area contributed by atoms with Crippen molar-refractivity contribution in [1.29, 1.82) is 0 Å². The molecule has 1 N–H and O–H groups in total. The third kappa shape index (κ3) is 3.73. The number of aliphatic hydroxyl groups excluding tert-OH is 1. The van der Waals surface area contributed by atoms with E-state index < -0.39 is 12.2 Å². The van der Waals surface area contributed by atoms with E-state index in [0.717, 1.165) is 11.3 Å². The zero-order valence-corrected chi connectivity index (χ0v) is 12.3. The van der Waals surface area contributed by atoms with Crippen LogP contribution in [0.1, 0.15) is 24.2 Å². The summed E-state index contributed by atoms with van der Waals surface area (Å²) < 4.78 is 24.2. The summed E-state index contributed by atoms with van der Waals surface area (Å²) in [7, 11) is 1.59. The van der Waals surface area contributed by atoms with Gasteiger partial charge in [0.1, 0.15) is 29.5 Å². The van der Waals surface area contributed by atoms with E-state index in [1.54, 1.807) is 57.4 Å². The molecule has 0 saturated carbocycles. The van der Waals surface area contributed by atoms with E-state index in [1.165, 1.54) is 6.07 Å². The Balaban J connectivity index is 2.07. The molecule has 0 bridgehead atoms. The highest BCUT2D eigenvalue weighted by Crippen LogP contribution is 2.24. The van der Waals surface area contributed by atoms with Crippen LogP contribution in [-0.4, -0.2) is 18.3 Å². The molecule has 2 aromatic carbocycles. The van der Waals surface area contributed by atoms with Gasteiger partial charge in [-0.05, 0) is 43.2 Å². The molecule has 0 aliphatic rings. The van der Waals surface area contributed by atoms with Gasteiger partial charge in [-0.1, -0.05) is 18.2 Å². The highest BCUT2D eigenvalue weighted by atomic mass is 19.1. The van der Waals surface area contributed by atoms with Gasteiger partial charge in [-0.3, -0.25) is 0 Å². The highest BCUT2D eigenvalue weighted by Gasteiger charge is 2.18. The third-order valence-corrected chi connectivity index (χ3v) is 3.37. The molecule has 112 valence electrons. The average molecular weight is 290 g/mol. The minimum absolute atomic E-state index is 0.321. The number of ether oxygens (including phenoxy) is 2. The van der Waals surface area contributed by atoms with Crippen molar-refractivity contribution in [3.05, 3.63) is 59.4 Å². The lowest BCUT2D eigenvalue weighted by molar-refractivity contribution is 0.0465. The Hall–Kier alpha value is -2.07. The predicted octanol–water partition coefficient (Wildman–Crippen LogP) is 3.64.